The van der Waals surface area contributed by atoms with E-state index in [9.17, 15) is 4.79 Å². The van der Waals surface area contributed by atoms with Crippen molar-refractivity contribution in [2.75, 3.05) is 13.2 Å². The summed E-state index contributed by atoms with van der Waals surface area (Å²) in [5.74, 6) is 1.69. The number of nitriles is 1. The maximum Gasteiger partial charge on any atom is 0.254 e. The number of hydrogen-bond donors (Lipinski definition) is 0. The fraction of sp³-hybridized carbons (Fsp3) is 0.304. The van der Waals surface area contributed by atoms with Gasteiger partial charge in [0.2, 0.25) is 5.89 Å². The minimum atomic E-state index is -0.248. The Hall–Kier alpha value is -3.66. The van der Waals surface area contributed by atoms with Crippen LogP contribution in [-0.4, -0.2) is 34.1 Å². The summed E-state index contributed by atoms with van der Waals surface area (Å²) in [6, 6.07) is 16.4. The summed E-state index contributed by atoms with van der Waals surface area (Å²) >= 11 is 0. The zero-order chi connectivity index (χ0) is 20.9. The number of hydrogen-bond acceptors (Lipinski definition) is 6. The summed E-state index contributed by atoms with van der Waals surface area (Å²) in [5.41, 5.74) is 2.10. The number of nitrogens with zero attached hydrogens (tertiary/aromatic N) is 4. The molecule has 1 aliphatic heterocycles. The summed E-state index contributed by atoms with van der Waals surface area (Å²) in [6.45, 7) is 3.08. The van der Waals surface area contributed by atoms with Crippen molar-refractivity contribution in [3.05, 3.63) is 76.9 Å². The zero-order valence-electron chi connectivity index (χ0n) is 16.7. The predicted octanol–water partition coefficient (Wildman–Crippen LogP) is 3.85. The predicted molar refractivity (Wildman–Crippen MR) is 109 cm³/mol. The molecule has 7 heteroatoms. The largest absolute Gasteiger partial charge is 0.493 e. The molecule has 30 heavy (non-hydrogen) atoms. The fourth-order valence-electron chi connectivity index (χ4n) is 3.62. The highest BCUT2D eigenvalue weighted by atomic mass is 16.5. The molecule has 1 unspecified atom stereocenters. The van der Waals surface area contributed by atoms with E-state index in [0.29, 0.717) is 42.4 Å². The highest BCUT2D eigenvalue weighted by Gasteiger charge is 2.34. The van der Waals surface area contributed by atoms with Gasteiger partial charge in [-0.1, -0.05) is 23.4 Å². The maximum atomic E-state index is 13.0. The van der Waals surface area contributed by atoms with E-state index in [1.54, 1.807) is 29.2 Å². The second-order valence-corrected chi connectivity index (χ2v) is 7.31. The van der Waals surface area contributed by atoms with Crippen molar-refractivity contribution in [2.45, 2.75) is 32.2 Å². The quantitative estimate of drug-likeness (QED) is 0.622. The lowest BCUT2D eigenvalue weighted by Gasteiger charge is -2.22. The number of amides is 1. The molecule has 7 nitrogen and oxygen atoms in total. The van der Waals surface area contributed by atoms with Gasteiger partial charge in [0, 0.05) is 18.5 Å². The lowest BCUT2D eigenvalue weighted by molar-refractivity contribution is 0.0710. The number of benzene rings is 2. The SMILES string of the molecule is Cc1cccc(OCCc2noc(C3CCCN3C(=O)c3cccc(C#N)c3)n2)c1. The molecule has 152 valence electrons. The van der Waals surface area contributed by atoms with Crippen molar-refractivity contribution in [1.29, 1.82) is 5.26 Å². The van der Waals surface area contributed by atoms with Gasteiger partial charge in [0.05, 0.1) is 18.2 Å². The van der Waals surface area contributed by atoms with Gasteiger partial charge in [0.1, 0.15) is 11.8 Å². The Balaban J connectivity index is 1.40. The van der Waals surface area contributed by atoms with Gasteiger partial charge in [-0.25, -0.2) is 0 Å². The van der Waals surface area contributed by atoms with E-state index in [2.05, 4.69) is 16.2 Å². The first kappa shape index (κ1) is 19.6. The Kier molecular flexibility index (Phi) is 5.75. The van der Waals surface area contributed by atoms with Crippen LogP contribution in [0.15, 0.2) is 53.1 Å². The summed E-state index contributed by atoms with van der Waals surface area (Å²) in [5, 5.41) is 13.1. The first-order chi connectivity index (χ1) is 14.6. The molecule has 2 heterocycles. The molecule has 3 aromatic rings. The van der Waals surface area contributed by atoms with Crippen LogP contribution in [0.1, 0.15) is 52.1 Å². The number of aromatic nitrogens is 2. The van der Waals surface area contributed by atoms with Crippen molar-refractivity contribution in [3.63, 3.8) is 0 Å². The molecule has 1 aromatic heterocycles. The number of rotatable bonds is 6. The van der Waals surface area contributed by atoms with Crippen LogP contribution in [0, 0.1) is 18.3 Å². The minimum absolute atomic E-state index is 0.128. The first-order valence-electron chi connectivity index (χ1n) is 9.97. The van der Waals surface area contributed by atoms with Crippen LogP contribution >= 0.6 is 0 Å². The van der Waals surface area contributed by atoms with Gasteiger partial charge in [0.25, 0.3) is 5.91 Å². The average Bonchev–Trinajstić information content (AvgIpc) is 3.43. The van der Waals surface area contributed by atoms with Crippen LogP contribution in [0.5, 0.6) is 5.75 Å². The molecular weight excluding hydrogens is 380 g/mol. The number of aryl methyl sites for hydroxylation is 1. The molecule has 0 aliphatic carbocycles. The van der Waals surface area contributed by atoms with Crippen molar-refractivity contribution in [3.8, 4) is 11.8 Å². The van der Waals surface area contributed by atoms with Crippen molar-refractivity contribution in [1.82, 2.24) is 15.0 Å². The van der Waals surface area contributed by atoms with Gasteiger partial charge >= 0.3 is 0 Å². The smallest absolute Gasteiger partial charge is 0.254 e. The van der Waals surface area contributed by atoms with Crippen LogP contribution < -0.4 is 4.74 Å². The fourth-order valence-corrected chi connectivity index (χ4v) is 3.62. The maximum absolute atomic E-state index is 13.0. The molecule has 1 saturated heterocycles. The monoisotopic (exact) mass is 402 g/mol. The van der Waals surface area contributed by atoms with Gasteiger partial charge in [-0.3, -0.25) is 4.79 Å². The van der Waals surface area contributed by atoms with E-state index in [0.717, 1.165) is 24.2 Å². The number of ether oxygens (including phenoxy) is 1. The highest BCUT2D eigenvalue weighted by Crippen LogP contribution is 2.32. The van der Waals surface area contributed by atoms with E-state index in [1.807, 2.05) is 31.2 Å². The van der Waals surface area contributed by atoms with Crippen molar-refractivity contribution < 1.29 is 14.1 Å². The molecular formula is C23H22N4O3. The van der Waals surface area contributed by atoms with Crippen LogP contribution in [0.2, 0.25) is 0 Å². The van der Waals surface area contributed by atoms with Crippen LogP contribution in [0.4, 0.5) is 0 Å². The molecule has 0 spiro atoms. The van der Waals surface area contributed by atoms with Crippen molar-refractivity contribution in [2.24, 2.45) is 0 Å². The lowest BCUT2D eigenvalue weighted by atomic mass is 10.1. The van der Waals surface area contributed by atoms with Crippen LogP contribution in [0.25, 0.3) is 0 Å². The van der Waals surface area contributed by atoms with Gasteiger partial charge in [-0.2, -0.15) is 10.2 Å². The third-order valence-electron chi connectivity index (χ3n) is 5.11. The highest BCUT2D eigenvalue weighted by molar-refractivity contribution is 5.95. The number of carbonyl (C=O) groups excluding carboxylic acids is 1. The third-order valence-corrected chi connectivity index (χ3v) is 5.11. The molecule has 1 atom stereocenters. The minimum Gasteiger partial charge on any atom is -0.493 e. The standard InChI is InChI=1S/C23H22N4O3/c1-16-5-2-8-19(13-16)29-12-10-21-25-22(30-26-21)20-9-4-11-27(20)23(28)18-7-3-6-17(14-18)15-24/h2-3,5-8,13-14,20H,4,9-12H2,1H3. The Labute approximate surface area is 174 Å². The molecule has 4 rings (SSSR count). The third kappa shape index (κ3) is 4.33. The molecule has 1 amide bonds. The summed E-state index contributed by atoms with van der Waals surface area (Å²) in [4.78, 5) is 19.2. The molecule has 0 bridgehead atoms. The topological polar surface area (TPSA) is 92.3 Å². The molecule has 2 aromatic carbocycles. The Bertz CT molecular complexity index is 1090. The van der Waals surface area contributed by atoms with Gasteiger partial charge in [0.15, 0.2) is 5.82 Å². The number of carbonyl (C=O) groups is 1. The second-order valence-electron chi connectivity index (χ2n) is 7.31. The first-order valence-corrected chi connectivity index (χ1v) is 9.97. The van der Waals surface area contributed by atoms with E-state index in [-0.39, 0.29) is 11.9 Å². The summed E-state index contributed by atoms with van der Waals surface area (Å²) in [7, 11) is 0. The Morgan fingerprint density at radius 3 is 3.00 bits per heavy atom. The average molecular weight is 402 g/mol. The molecule has 1 aliphatic rings. The molecule has 0 radical (unpaired) electrons. The number of likely N-dealkylation sites (tertiary alicyclic amines) is 1. The normalized spacial score (nSPS) is 15.7. The van der Waals surface area contributed by atoms with E-state index < -0.39 is 0 Å². The van der Waals surface area contributed by atoms with Gasteiger partial charge in [-0.15, -0.1) is 0 Å². The summed E-state index contributed by atoms with van der Waals surface area (Å²) in [6.07, 6.45) is 2.15. The second kappa shape index (κ2) is 8.78. The van der Waals surface area contributed by atoms with Gasteiger partial charge < -0.3 is 14.2 Å². The van der Waals surface area contributed by atoms with E-state index in [1.165, 1.54) is 0 Å². The van der Waals surface area contributed by atoms with Crippen molar-refractivity contribution >= 4 is 5.91 Å². The molecule has 0 saturated carbocycles. The van der Waals surface area contributed by atoms with E-state index >= 15 is 0 Å². The Morgan fingerprint density at radius 2 is 2.17 bits per heavy atom. The van der Waals surface area contributed by atoms with Crippen LogP contribution in [-0.2, 0) is 6.42 Å². The van der Waals surface area contributed by atoms with E-state index in [4.69, 9.17) is 14.5 Å². The zero-order valence-corrected chi connectivity index (χ0v) is 16.7. The molecule has 0 N–H and O–H groups in total. The molecule has 1 fully saturated rings. The Morgan fingerprint density at radius 1 is 1.30 bits per heavy atom. The lowest BCUT2D eigenvalue weighted by Crippen LogP contribution is -2.30. The van der Waals surface area contributed by atoms with Crippen LogP contribution in [0.3, 0.4) is 0 Å². The van der Waals surface area contributed by atoms with Gasteiger partial charge in [-0.05, 0) is 55.7 Å². The summed E-state index contributed by atoms with van der Waals surface area (Å²) < 4.78 is 11.2.